The topological polar surface area (TPSA) is 70.6 Å². The minimum absolute atomic E-state index is 0.0893. The largest absolute Gasteiger partial charge is 0.389 e. The summed E-state index contributed by atoms with van der Waals surface area (Å²) in [6.07, 6.45) is 1.07. The van der Waals surface area contributed by atoms with Gasteiger partial charge in [-0.1, -0.05) is 30.3 Å². The van der Waals surface area contributed by atoms with E-state index in [1.165, 1.54) is 5.56 Å². The number of rotatable bonds is 6. The van der Waals surface area contributed by atoms with Gasteiger partial charge in [0.05, 0.1) is 18.8 Å². The summed E-state index contributed by atoms with van der Waals surface area (Å²) in [7, 11) is 0. The quantitative estimate of drug-likeness (QED) is 0.710. The highest BCUT2D eigenvalue weighted by molar-refractivity contribution is 5.80. The fraction of sp³-hybridized carbons (Fsp3) is 0.562. The van der Waals surface area contributed by atoms with Crippen LogP contribution in [-0.4, -0.2) is 42.4 Å². The van der Waals surface area contributed by atoms with Gasteiger partial charge in [0, 0.05) is 19.0 Å². The zero-order valence-electron chi connectivity index (χ0n) is 12.0. The summed E-state index contributed by atoms with van der Waals surface area (Å²) >= 11 is 0. The van der Waals surface area contributed by atoms with Crippen molar-refractivity contribution in [1.82, 2.24) is 10.6 Å². The van der Waals surface area contributed by atoms with Gasteiger partial charge in [0.15, 0.2) is 0 Å². The van der Waals surface area contributed by atoms with E-state index in [0.29, 0.717) is 19.7 Å². The lowest BCUT2D eigenvalue weighted by molar-refractivity contribution is -0.123. The van der Waals surface area contributed by atoms with Crippen molar-refractivity contribution in [1.29, 1.82) is 0 Å². The van der Waals surface area contributed by atoms with E-state index in [9.17, 15) is 9.90 Å². The van der Waals surface area contributed by atoms with Crippen LogP contribution in [0.3, 0.4) is 0 Å². The Kier molecular flexibility index (Phi) is 4.53. The first-order valence-corrected chi connectivity index (χ1v) is 7.59. The Morgan fingerprint density at radius 1 is 1.29 bits per heavy atom. The van der Waals surface area contributed by atoms with Crippen molar-refractivity contribution in [2.45, 2.75) is 37.6 Å². The van der Waals surface area contributed by atoms with Gasteiger partial charge in [0.1, 0.15) is 6.10 Å². The van der Waals surface area contributed by atoms with Crippen LogP contribution in [0.15, 0.2) is 30.3 Å². The number of ether oxygens (including phenoxy) is 1. The maximum atomic E-state index is 11.6. The number of aliphatic hydroxyl groups is 1. The lowest BCUT2D eigenvalue weighted by Gasteiger charge is -2.19. The summed E-state index contributed by atoms with van der Waals surface area (Å²) in [6.45, 7) is 1.56. The Morgan fingerprint density at radius 2 is 2.05 bits per heavy atom. The van der Waals surface area contributed by atoms with Gasteiger partial charge in [0.2, 0.25) is 5.91 Å². The van der Waals surface area contributed by atoms with Crippen LogP contribution < -0.4 is 10.6 Å². The van der Waals surface area contributed by atoms with Gasteiger partial charge < -0.3 is 20.5 Å². The molecule has 1 aromatic carbocycles. The number of carbonyl (C=O) groups is 1. The van der Waals surface area contributed by atoms with Crippen LogP contribution in [0.2, 0.25) is 0 Å². The summed E-state index contributed by atoms with van der Waals surface area (Å²) in [5.41, 5.74) is 1.18. The Hall–Kier alpha value is -1.43. The zero-order chi connectivity index (χ0) is 14.7. The van der Waals surface area contributed by atoms with Crippen molar-refractivity contribution >= 4 is 5.91 Å². The maximum Gasteiger partial charge on any atom is 0.223 e. The fourth-order valence-corrected chi connectivity index (χ4v) is 2.58. The molecule has 0 radical (unpaired) electrons. The number of amides is 1. The van der Waals surface area contributed by atoms with E-state index < -0.39 is 6.10 Å². The molecular weight excluding hydrogens is 268 g/mol. The first-order valence-electron chi connectivity index (χ1n) is 7.59. The van der Waals surface area contributed by atoms with E-state index in [2.05, 4.69) is 10.6 Å². The number of hydrogen-bond acceptors (Lipinski definition) is 4. The molecule has 1 saturated heterocycles. The molecule has 114 valence electrons. The molecule has 1 aliphatic heterocycles. The average Bonchev–Trinajstić information content (AvgIpc) is 3.30. The Balaban J connectivity index is 1.42. The molecule has 3 atom stereocenters. The molecule has 2 fully saturated rings. The van der Waals surface area contributed by atoms with Gasteiger partial charge in [-0.2, -0.15) is 0 Å². The first kappa shape index (κ1) is 14.5. The van der Waals surface area contributed by atoms with Crippen molar-refractivity contribution in [2.24, 2.45) is 5.92 Å². The van der Waals surface area contributed by atoms with Crippen molar-refractivity contribution in [3.05, 3.63) is 35.9 Å². The molecule has 1 amide bonds. The molecule has 2 aliphatic rings. The molecule has 5 nitrogen and oxygen atoms in total. The standard InChI is InChI=1S/C16H22N2O3/c19-15-13(17-8-11-4-2-1-3-5-11)10-21-14(15)9-18-16(20)12-6-7-12/h1-5,12-15,17,19H,6-10H2,(H,18,20)/t13-,14-,15+/m1/s1. The van der Waals surface area contributed by atoms with Crippen LogP contribution >= 0.6 is 0 Å². The minimum atomic E-state index is -0.590. The van der Waals surface area contributed by atoms with Crippen LogP contribution in [0, 0.1) is 5.92 Å². The molecular formula is C16H22N2O3. The lowest BCUT2D eigenvalue weighted by Crippen LogP contribution is -2.44. The molecule has 3 rings (SSSR count). The summed E-state index contributed by atoms with van der Waals surface area (Å²) in [6, 6.07) is 9.97. The van der Waals surface area contributed by atoms with E-state index in [1.807, 2.05) is 30.3 Å². The number of benzene rings is 1. The Labute approximate surface area is 124 Å². The highest BCUT2D eigenvalue weighted by atomic mass is 16.5. The Bertz CT molecular complexity index is 476. The van der Waals surface area contributed by atoms with Crippen molar-refractivity contribution < 1.29 is 14.6 Å². The molecule has 0 spiro atoms. The number of nitrogens with one attached hydrogen (secondary N) is 2. The third kappa shape index (κ3) is 3.81. The van der Waals surface area contributed by atoms with Crippen LogP contribution in [0.1, 0.15) is 18.4 Å². The van der Waals surface area contributed by atoms with Gasteiger partial charge in [-0.05, 0) is 18.4 Å². The average molecular weight is 290 g/mol. The van der Waals surface area contributed by atoms with E-state index in [4.69, 9.17) is 4.74 Å². The van der Waals surface area contributed by atoms with Gasteiger partial charge in [0.25, 0.3) is 0 Å². The molecule has 1 aromatic rings. The van der Waals surface area contributed by atoms with Crippen molar-refractivity contribution in [3.63, 3.8) is 0 Å². The SMILES string of the molecule is O=C(NC[C@H]1OC[C@@H](NCc2ccccc2)[C@@H]1O)C1CC1. The summed E-state index contributed by atoms with van der Waals surface area (Å²) in [5, 5.41) is 16.4. The molecule has 3 N–H and O–H groups in total. The zero-order valence-corrected chi connectivity index (χ0v) is 12.0. The molecule has 0 unspecified atom stereocenters. The summed E-state index contributed by atoms with van der Waals surface area (Å²) in [4.78, 5) is 11.6. The molecule has 21 heavy (non-hydrogen) atoms. The summed E-state index contributed by atoms with van der Waals surface area (Å²) < 4.78 is 5.59. The predicted octanol–water partition coefficient (Wildman–Crippen LogP) is 0.431. The van der Waals surface area contributed by atoms with Gasteiger partial charge in [-0.15, -0.1) is 0 Å². The molecule has 0 bridgehead atoms. The van der Waals surface area contributed by atoms with Gasteiger partial charge in [-0.25, -0.2) is 0 Å². The molecule has 0 aromatic heterocycles. The second-order valence-corrected chi connectivity index (χ2v) is 5.85. The molecule has 1 saturated carbocycles. The first-order chi connectivity index (χ1) is 10.2. The highest BCUT2D eigenvalue weighted by Crippen LogP contribution is 2.28. The smallest absolute Gasteiger partial charge is 0.223 e. The van der Waals surface area contributed by atoms with E-state index in [1.54, 1.807) is 0 Å². The molecule has 1 heterocycles. The highest BCUT2D eigenvalue weighted by Gasteiger charge is 2.37. The van der Waals surface area contributed by atoms with Gasteiger partial charge >= 0.3 is 0 Å². The van der Waals surface area contributed by atoms with Crippen LogP contribution in [-0.2, 0) is 16.1 Å². The third-order valence-electron chi connectivity index (χ3n) is 4.12. The second kappa shape index (κ2) is 6.56. The maximum absolute atomic E-state index is 11.6. The van der Waals surface area contributed by atoms with E-state index in [-0.39, 0.29) is 24.0 Å². The van der Waals surface area contributed by atoms with Crippen LogP contribution in [0.4, 0.5) is 0 Å². The Morgan fingerprint density at radius 3 is 2.76 bits per heavy atom. The predicted molar refractivity (Wildman–Crippen MR) is 78.6 cm³/mol. The van der Waals surface area contributed by atoms with Gasteiger partial charge in [-0.3, -0.25) is 4.79 Å². The summed E-state index contributed by atoms with van der Waals surface area (Å²) in [5.74, 6) is 0.280. The van der Waals surface area contributed by atoms with Crippen molar-refractivity contribution in [2.75, 3.05) is 13.2 Å². The number of carbonyl (C=O) groups excluding carboxylic acids is 1. The number of aliphatic hydroxyl groups excluding tert-OH is 1. The van der Waals surface area contributed by atoms with E-state index in [0.717, 1.165) is 12.8 Å². The second-order valence-electron chi connectivity index (χ2n) is 5.85. The van der Waals surface area contributed by atoms with E-state index >= 15 is 0 Å². The molecule has 1 aliphatic carbocycles. The van der Waals surface area contributed by atoms with Crippen LogP contribution in [0.5, 0.6) is 0 Å². The number of hydrogen-bond donors (Lipinski definition) is 3. The fourth-order valence-electron chi connectivity index (χ4n) is 2.58. The van der Waals surface area contributed by atoms with Crippen molar-refractivity contribution in [3.8, 4) is 0 Å². The molecule has 5 heteroatoms. The third-order valence-corrected chi connectivity index (χ3v) is 4.12. The normalized spacial score (nSPS) is 28.5. The monoisotopic (exact) mass is 290 g/mol. The lowest BCUT2D eigenvalue weighted by atomic mass is 10.1. The minimum Gasteiger partial charge on any atom is -0.389 e. The van der Waals surface area contributed by atoms with Crippen LogP contribution in [0.25, 0.3) is 0 Å².